The molecule has 2 amide bonds. The number of hydrogen-bond acceptors (Lipinski definition) is 3. The van der Waals surface area contributed by atoms with Gasteiger partial charge in [-0.25, -0.2) is 0 Å². The van der Waals surface area contributed by atoms with E-state index < -0.39 is 6.04 Å². The molecular weight excluding hydrogens is 354 g/mol. The lowest BCUT2D eigenvalue weighted by Gasteiger charge is -2.26. The van der Waals surface area contributed by atoms with Crippen molar-refractivity contribution in [3.63, 3.8) is 0 Å². The summed E-state index contributed by atoms with van der Waals surface area (Å²) in [5.74, 6) is -0.432. The van der Waals surface area contributed by atoms with E-state index in [0.717, 1.165) is 12.0 Å². The lowest BCUT2D eigenvalue weighted by Crippen LogP contribution is -2.47. The van der Waals surface area contributed by atoms with Crippen molar-refractivity contribution in [2.45, 2.75) is 38.8 Å². The van der Waals surface area contributed by atoms with E-state index in [2.05, 4.69) is 0 Å². The van der Waals surface area contributed by atoms with Gasteiger partial charge in [-0.15, -0.1) is 0 Å². The number of rotatable bonds is 5. The van der Waals surface area contributed by atoms with Gasteiger partial charge in [-0.2, -0.15) is 0 Å². The zero-order valence-electron chi connectivity index (χ0n) is 16.7. The quantitative estimate of drug-likeness (QED) is 0.797. The van der Waals surface area contributed by atoms with Crippen LogP contribution in [0.25, 0.3) is 0 Å². The molecular formula is C22H27N3O3. The number of pyridine rings is 1. The van der Waals surface area contributed by atoms with Crippen molar-refractivity contribution < 1.29 is 9.59 Å². The van der Waals surface area contributed by atoms with Gasteiger partial charge < -0.3 is 14.4 Å². The third-order valence-electron chi connectivity index (χ3n) is 5.31. The van der Waals surface area contributed by atoms with Gasteiger partial charge in [0.05, 0.1) is 0 Å². The molecule has 0 N–H and O–H groups in total. The molecule has 0 saturated carbocycles. The molecule has 1 aliphatic rings. The molecule has 0 unspecified atom stereocenters. The molecule has 6 nitrogen and oxygen atoms in total. The second kappa shape index (κ2) is 8.42. The highest BCUT2D eigenvalue weighted by atomic mass is 16.2. The first-order valence-corrected chi connectivity index (χ1v) is 9.66. The van der Waals surface area contributed by atoms with E-state index >= 15 is 0 Å². The topological polar surface area (TPSA) is 62.6 Å². The normalized spacial score (nSPS) is 16.2. The average molecular weight is 381 g/mol. The van der Waals surface area contributed by atoms with Crippen LogP contribution in [0.3, 0.4) is 0 Å². The number of hydrogen-bond donors (Lipinski definition) is 0. The summed E-state index contributed by atoms with van der Waals surface area (Å²) in [6.45, 7) is 2.78. The standard InChI is InChI=1S/C22H27N3O3/c1-16-11-14-24(15-12-17-8-5-4-6-9-17)21(27)19(16)22(28)25-13-7-10-18(25)20(26)23(2)3/h4-6,8-9,11,14,18H,7,10,12-13,15H2,1-3H3/t18-/m0/s1. The Bertz CT molecular complexity index is 918. The Morgan fingerprint density at radius 1 is 1.14 bits per heavy atom. The summed E-state index contributed by atoms with van der Waals surface area (Å²) in [5.41, 5.74) is 1.67. The molecule has 28 heavy (non-hydrogen) atoms. The van der Waals surface area contributed by atoms with Crippen LogP contribution in [0.4, 0.5) is 0 Å². The minimum atomic E-state index is -0.487. The summed E-state index contributed by atoms with van der Waals surface area (Å²) in [6.07, 6.45) is 3.85. The molecule has 1 aromatic carbocycles. The first-order chi connectivity index (χ1) is 13.4. The molecule has 148 valence electrons. The molecule has 0 aliphatic carbocycles. The summed E-state index contributed by atoms with van der Waals surface area (Å²) < 4.78 is 1.59. The fraction of sp³-hybridized carbons (Fsp3) is 0.409. The van der Waals surface area contributed by atoms with Gasteiger partial charge in [0.15, 0.2) is 0 Å². The Kier molecular flexibility index (Phi) is 5.97. The van der Waals surface area contributed by atoms with Crippen LogP contribution < -0.4 is 5.56 Å². The maximum atomic E-state index is 13.2. The molecule has 1 aromatic heterocycles. The van der Waals surface area contributed by atoms with Crippen molar-refractivity contribution in [3.8, 4) is 0 Å². The third kappa shape index (κ3) is 4.01. The van der Waals surface area contributed by atoms with E-state index in [1.807, 2.05) is 30.3 Å². The first kappa shape index (κ1) is 19.9. The molecule has 1 fully saturated rings. The number of aromatic nitrogens is 1. The largest absolute Gasteiger partial charge is 0.347 e. The van der Waals surface area contributed by atoms with Crippen molar-refractivity contribution in [3.05, 3.63) is 69.6 Å². The lowest BCUT2D eigenvalue weighted by molar-refractivity contribution is -0.132. The summed E-state index contributed by atoms with van der Waals surface area (Å²) in [7, 11) is 3.38. The Balaban J connectivity index is 1.86. The highest BCUT2D eigenvalue weighted by Crippen LogP contribution is 2.21. The van der Waals surface area contributed by atoms with Crippen molar-refractivity contribution in [2.24, 2.45) is 0 Å². The number of nitrogens with zero attached hydrogens (tertiary/aromatic N) is 3. The zero-order valence-corrected chi connectivity index (χ0v) is 16.7. The van der Waals surface area contributed by atoms with Crippen molar-refractivity contribution in [2.75, 3.05) is 20.6 Å². The predicted octanol–water partition coefficient (Wildman–Crippen LogP) is 2.09. The van der Waals surface area contributed by atoms with Gasteiger partial charge in [-0.05, 0) is 43.4 Å². The zero-order chi connectivity index (χ0) is 20.3. The molecule has 2 aromatic rings. The molecule has 1 atom stereocenters. The summed E-state index contributed by atoms with van der Waals surface area (Å²) in [5, 5.41) is 0. The molecule has 6 heteroatoms. The molecule has 2 heterocycles. The second-order valence-electron chi connectivity index (χ2n) is 7.50. The average Bonchev–Trinajstić information content (AvgIpc) is 3.17. The van der Waals surface area contributed by atoms with Crippen molar-refractivity contribution in [1.82, 2.24) is 14.4 Å². The van der Waals surface area contributed by atoms with E-state index in [-0.39, 0.29) is 22.9 Å². The summed E-state index contributed by atoms with van der Waals surface area (Å²) >= 11 is 0. The van der Waals surface area contributed by atoms with E-state index in [0.29, 0.717) is 31.5 Å². The maximum Gasteiger partial charge on any atom is 0.263 e. The number of likely N-dealkylation sites (tertiary alicyclic amines) is 1. The Hall–Kier alpha value is -2.89. The fourth-order valence-electron chi connectivity index (χ4n) is 3.70. The lowest BCUT2D eigenvalue weighted by atomic mass is 10.1. The third-order valence-corrected chi connectivity index (χ3v) is 5.31. The predicted molar refractivity (Wildman–Crippen MR) is 108 cm³/mol. The minimum absolute atomic E-state index is 0.0937. The molecule has 0 bridgehead atoms. The Labute approximate surface area is 165 Å². The van der Waals surface area contributed by atoms with Crippen molar-refractivity contribution >= 4 is 11.8 Å². The summed E-state index contributed by atoms with van der Waals surface area (Å²) in [4.78, 5) is 41.7. The Morgan fingerprint density at radius 2 is 1.86 bits per heavy atom. The molecule has 0 radical (unpaired) electrons. The first-order valence-electron chi connectivity index (χ1n) is 9.66. The van der Waals surface area contributed by atoms with Gasteiger partial charge in [0.2, 0.25) is 5.91 Å². The number of carbonyl (C=O) groups is 2. The number of likely N-dealkylation sites (N-methyl/N-ethyl adjacent to an activating group) is 1. The van der Waals surface area contributed by atoms with Crippen LogP contribution in [0, 0.1) is 6.92 Å². The van der Waals surface area contributed by atoms with Gasteiger partial charge in [-0.1, -0.05) is 30.3 Å². The molecule has 1 saturated heterocycles. The number of carbonyl (C=O) groups excluding carboxylic acids is 2. The van der Waals surface area contributed by atoms with Gasteiger partial charge in [-0.3, -0.25) is 14.4 Å². The van der Waals surface area contributed by atoms with Gasteiger partial charge in [0, 0.05) is 33.4 Å². The van der Waals surface area contributed by atoms with E-state index in [1.54, 1.807) is 42.7 Å². The van der Waals surface area contributed by atoms with Crippen LogP contribution in [0.2, 0.25) is 0 Å². The second-order valence-corrected chi connectivity index (χ2v) is 7.50. The van der Waals surface area contributed by atoms with Gasteiger partial charge in [0.1, 0.15) is 11.6 Å². The molecule has 3 rings (SSSR count). The number of benzene rings is 1. The number of aryl methyl sites for hydroxylation is 3. The van der Waals surface area contributed by atoms with Gasteiger partial charge >= 0.3 is 0 Å². The summed E-state index contributed by atoms with van der Waals surface area (Å²) in [6, 6.07) is 11.3. The van der Waals surface area contributed by atoms with Crippen LogP contribution in [-0.2, 0) is 17.8 Å². The van der Waals surface area contributed by atoms with Crippen LogP contribution in [0.15, 0.2) is 47.4 Å². The number of amides is 2. The van der Waals surface area contributed by atoms with Crippen LogP contribution in [-0.4, -0.2) is 52.9 Å². The maximum absolute atomic E-state index is 13.2. The Morgan fingerprint density at radius 3 is 2.54 bits per heavy atom. The monoisotopic (exact) mass is 381 g/mol. The van der Waals surface area contributed by atoms with Crippen LogP contribution in [0.1, 0.15) is 34.3 Å². The highest BCUT2D eigenvalue weighted by Gasteiger charge is 2.36. The van der Waals surface area contributed by atoms with E-state index in [4.69, 9.17) is 0 Å². The van der Waals surface area contributed by atoms with Gasteiger partial charge in [0.25, 0.3) is 11.5 Å². The fourth-order valence-corrected chi connectivity index (χ4v) is 3.70. The van der Waals surface area contributed by atoms with E-state index in [9.17, 15) is 14.4 Å². The van der Waals surface area contributed by atoms with Crippen molar-refractivity contribution in [1.29, 1.82) is 0 Å². The smallest absolute Gasteiger partial charge is 0.263 e. The van der Waals surface area contributed by atoms with Crippen LogP contribution in [0.5, 0.6) is 0 Å². The van der Waals surface area contributed by atoms with E-state index in [1.165, 1.54) is 4.90 Å². The molecule has 0 spiro atoms. The van der Waals surface area contributed by atoms with Crippen LogP contribution >= 0.6 is 0 Å². The SMILES string of the molecule is Cc1ccn(CCc2ccccc2)c(=O)c1C(=O)N1CCC[C@H]1C(=O)N(C)C. The minimum Gasteiger partial charge on any atom is -0.347 e. The highest BCUT2D eigenvalue weighted by molar-refractivity contribution is 5.98. The molecule has 1 aliphatic heterocycles.